The van der Waals surface area contributed by atoms with Crippen molar-refractivity contribution >= 4 is 5.91 Å². The average Bonchev–Trinajstić information content (AvgIpc) is 2.37. The molecule has 0 heterocycles. The molecule has 0 aliphatic carbocycles. The van der Waals surface area contributed by atoms with E-state index < -0.39 is 0 Å². The zero-order valence-electron chi connectivity index (χ0n) is 12.8. The molecule has 20 heavy (non-hydrogen) atoms. The van der Waals surface area contributed by atoms with E-state index in [1.807, 2.05) is 52.0 Å². The highest BCUT2D eigenvalue weighted by Crippen LogP contribution is 2.20. The first-order valence-corrected chi connectivity index (χ1v) is 7.24. The summed E-state index contributed by atoms with van der Waals surface area (Å²) in [6.07, 6.45) is 1.31. The number of hydrogen-bond donors (Lipinski definition) is 2. The lowest BCUT2D eigenvalue weighted by molar-refractivity contribution is -0.122. The number of carbonyl (C=O) groups excluding carboxylic acids is 1. The van der Waals surface area contributed by atoms with Crippen molar-refractivity contribution in [1.29, 1.82) is 0 Å². The Hall–Kier alpha value is -1.55. The van der Waals surface area contributed by atoms with Crippen molar-refractivity contribution in [3.8, 4) is 5.75 Å². The number of rotatable bonds is 7. The fourth-order valence-corrected chi connectivity index (χ4v) is 1.90. The van der Waals surface area contributed by atoms with Gasteiger partial charge in [-0.2, -0.15) is 0 Å². The van der Waals surface area contributed by atoms with Gasteiger partial charge in [0, 0.05) is 12.5 Å². The second-order valence-electron chi connectivity index (χ2n) is 5.40. The topological polar surface area (TPSA) is 64.4 Å². The maximum absolute atomic E-state index is 11.8. The molecule has 0 saturated heterocycles. The Labute approximate surface area is 121 Å². The number of carbonyl (C=O) groups is 1. The molecule has 0 bridgehead atoms. The van der Waals surface area contributed by atoms with Gasteiger partial charge in [-0.3, -0.25) is 4.79 Å². The molecule has 0 aliphatic heterocycles. The normalized spacial score (nSPS) is 13.9. The van der Waals surface area contributed by atoms with Crippen LogP contribution in [0.5, 0.6) is 5.75 Å². The largest absolute Gasteiger partial charge is 0.491 e. The van der Waals surface area contributed by atoms with E-state index in [1.54, 1.807) is 0 Å². The zero-order valence-corrected chi connectivity index (χ0v) is 12.8. The molecule has 3 N–H and O–H groups in total. The molecule has 0 spiro atoms. The Morgan fingerprint density at radius 1 is 1.35 bits per heavy atom. The minimum atomic E-state index is -0.0715. The smallest absolute Gasteiger partial charge is 0.222 e. The van der Waals surface area contributed by atoms with Crippen LogP contribution in [0.3, 0.4) is 0 Å². The third-order valence-corrected chi connectivity index (χ3v) is 3.08. The number of benzene rings is 1. The van der Waals surface area contributed by atoms with Crippen LogP contribution in [0.4, 0.5) is 0 Å². The van der Waals surface area contributed by atoms with E-state index in [1.165, 1.54) is 0 Å². The van der Waals surface area contributed by atoms with Gasteiger partial charge >= 0.3 is 0 Å². The van der Waals surface area contributed by atoms with Crippen LogP contribution in [-0.4, -0.2) is 18.1 Å². The predicted molar refractivity (Wildman–Crippen MR) is 81.6 cm³/mol. The zero-order chi connectivity index (χ0) is 15.1. The maximum atomic E-state index is 11.8. The Morgan fingerprint density at radius 2 is 2.05 bits per heavy atom. The summed E-state index contributed by atoms with van der Waals surface area (Å²) in [7, 11) is 0. The standard InChI is InChI=1S/C16H26N2O2/c1-5-14(17)10-16(19)18-12(4)13-7-6-8-15(9-13)20-11(2)3/h6-9,11-12,14H,5,10,17H2,1-4H3,(H,18,19). The second kappa shape index (κ2) is 7.90. The van der Waals surface area contributed by atoms with Gasteiger partial charge in [-0.25, -0.2) is 0 Å². The monoisotopic (exact) mass is 278 g/mol. The van der Waals surface area contributed by atoms with Crippen LogP contribution >= 0.6 is 0 Å². The molecule has 2 unspecified atom stereocenters. The van der Waals surface area contributed by atoms with Crippen molar-refractivity contribution in [2.24, 2.45) is 5.73 Å². The van der Waals surface area contributed by atoms with Crippen molar-refractivity contribution in [2.45, 2.75) is 58.7 Å². The average molecular weight is 278 g/mol. The van der Waals surface area contributed by atoms with E-state index in [9.17, 15) is 4.79 Å². The molecule has 0 fully saturated rings. The summed E-state index contributed by atoms with van der Waals surface area (Å²) in [5.41, 5.74) is 6.82. The lowest BCUT2D eigenvalue weighted by Gasteiger charge is -2.17. The van der Waals surface area contributed by atoms with Crippen molar-refractivity contribution in [2.75, 3.05) is 0 Å². The fraction of sp³-hybridized carbons (Fsp3) is 0.562. The van der Waals surface area contributed by atoms with Crippen molar-refractivity contribution < 1.29 is 9.53 Å². The summed E-state index contributed by atoms with van der Waals surface area (Å²) in [6.45, 7) is 7.92. The van der Waals surface area contributed by atoms with Crippen LogP contribution in [0, 0.1) is 0 Å². The van der Waals surface area contributed by atoms with Gasteiger partial charge in [-0.15, -0.1) is 0 Å². The van der Waals surface area contributed by atoms with E-state index in [4.69, 9.17) is 10.5 Å². The summed E-state index contributed by atoms with van der Waals surface area (Å²) in [5, 5.41) is 2.97. The highest BCUT2D eigenvalue weighted by atomic mass is 16.5. The molecular formula is C16H26N2O2. The van der Waals surface area contributed by atoms with Crippen LogP contribution in [-0.2, 0) is 4.79 Å². The van der Waals surface area contributed by atoms with Gasteiger partial charge in [-0.1, -0.05) is 19.1 Å². The summed E-state index contributed by atoms with van der Waals surface area (Å²) in [6, 6.07) is 7.68. The van der Waals surface area contributed by atoms with Crippen molar-refractivity contribution in [1.82, 2.24) is 5.32 Å². The molecule has 1 aromatic carbocycles. The van der Waals surface area contributed by atoms with Gasteiger partial charge < -0.3 is 15.8 Å². The Kier molecular flexibility index (Phi) is 6.52. The fourth-order valence-electron chi connectivity index (χ4n) is 1.90. The van der Waals surface area contributed by atoms with Crippen LogP contribution in [0.2, 0.25) is 0 Å². The van der Waals surface area contributed by atoms with E-state index in [0.29, 0.717) is 6.42 Å². The molecule has 0 aromatic heterocycles. The van der Waals surface area contributed by atoms with Gasteiger partial charge in [0.15, 0.2) is 0 Å². The summed E-state index contributed by atoms with van der Waals surface area (Å²) in [4.78, 5) is 11.8. The molecule has 4 heteroatoms. The molecule has 1 amide bonds. The van der Waals surface area contributed by atoms with Crippen LogP contribution in [0.25, 0.3) is 0 Å². The predicted octanol–water partition coefficient (Wildman–Crippen LogP) is 2.78. The third-order valence-electron chi connectivity index (χ3n) is 3.08. The van der Waals surface area contributed by atoms with Gasteiger partial charge in [0.25, 0.3) is 0 Å². The number of ether oxygens (including phenoxy) is 1. The molecule has 1 rings (SSSR count). The molecule has 0 radical (unpaired) electrons. The van der Waals surface area contributed by atoms with E-state index >= 15 is 0 Å². The SMILES string of the molecule is CCC(N)CC(=O)NC(C)c1cccc(OC(C)C)c1. The van der Waals surface area contributed by atoms with E-state index in [0.717, 1.165) is 17.7 Å². The van der Waals surface area contributed by atoms with E-state index in [-0.39, 0.29) is 24.1 Å². The molecule has 4 nitrogen and oxygen atoms in total. The number of nitrogens with two attached hydrogens (primary N) is 1. The molecule has 2 atom stereocenters. The van der Waals surface area contributed by atoms with Gasteiger partial charge in [0.2, 0.25) is 5.91 Å². The Morgan fingerprint density at radius 3 is 2.65 bits per heavy atom. The highest BCUT2D eigenvalue weighted by molar-refractivity contribution is 5.77. The second-order valence-corrected chi connectivity index (χ2v) is 5.40. The number of amides is 1. The summed E-state index contributed by atoms with van der Waals surface area (Å²) in [5.74, 6) is 0.811. The van der Waals surface area contributed by atoms with Crippen molar-refractivity contribution in [3.63, 3.8) is 0 Å². The van der Waals surface area contributed by atoms with Crippen molar-refractivity contribution in [3.05, 3.63) is 29.8 Å². The molecule has 1 aromatic rings. The molecule has 0 aliphatic rings. The Bertz CT molecular complexity index is 432. The number of nitrogens with one attached hydrogen (secondary N) is 1. The van der Waals surface area contributed by atoms with Gasteiger partial charge in [-0.05, 0) is 44.9 Å². The summed E-state index contributed by atoms with van der Waals surface area (Å²) >= 11 is 0. The molecule has 0 saturated carbocycles. The first-order chi connectivity index (χ1) is 9.42. The first-order valence-electron chi connectivity index (χ1n) is 7.24. The van der Waals surface area contributed by atoms with Crippen LogP contribution in [0.1, 0.15) is 52.1 Å². The minimum Gasteiger partial charge on any atom is -0.491 e. The van der Waals surface area contributed by atoms with Crippen LogP contribution < -0.4 is 15.8 Å². The maximum Gasteiger partial charge on any atom is 0.222 e. The number of hydrogen-bond acceptors (Lipinski definition) is 3. The van der Waals surface area contributed by atoms with E-state index in [2.05, 4.69) is 5.32 Å². The summed E-state index contributed by atoms with van der Waals surface area (Å²) < 4.78 is 5.66. The van der Waals surface area contributed by atoms with Gasteiger partial charge in [0.05, 0.1) is 12.1 Å². The van der Waals surface area contributed by atoms with Gasteiger partial charge in [0.1, 0.15) is 5.75 Å². The first kappa shape index (κ1) is 16.5. The lowest BCUT2D eigenvalue weighted by atomic mass is 10.1. The third kappa shape index (κ3) is 5.61. The van der Waals surface area contributed by atoms with Crippen LogP contribution in [0.15, 0.2) is 24.3 Å². The minimum absolute atomic E-state index is 0.0120. The quantitative estimate of drug-likeness (QED) is 0.806. The molecular weight excluding hydrogens is 252 g/mol. The Balaban J connectivity index is 2.62. The lowest BCUT2D eigenvalue weighted by Crippen LogP contribution is -2.32. The highest BCUT2D eigenvalue weighted by Gasteiger charge is 2.12. The molecule has 112 valence electrons.